The van der Waals surface area contributed by atoms with E-state index in [2.05, 4.69) is 13.8 Å². The summed E-state index contributed by atoms with van der Waals surface area (Å²) in [5.74, 6) is 0.251. The van der Waals surface area contributed by atoms with Crippen LogP contribution < -0.4 is 0 Å². The molecule has 7 heteroatoms. The molecular formula is C16H27N3O4. The fourth-order valence-electron chi connectivity index (χ4n) is 2.93. The molecule has 2 rings (SSSR count). The van der Waals surface area contributed by atoms with Crippen molar-refractivity contribution in [2.75, 3.05) is 19.6 Å². The van der Waals surface area contributed by atoms with Crippen molar-refractivity contribution in [1.82, 2.24) is 14.9 Å². The van der Waals surface area contributed by atoms with Gasteiger partial charge in [0.05, 0.1) is 6.54 Å². The topological polar surface area (TPSA) is 70.2 Å². The minimum atomic E-state index is -0.661. The van der Waals surface area contributed by atoms with Gasteiger partial charge in [-0.15, -0.1) is 0 Å². The molecule has 130 valence electrons. The molecule has 2 saturated heterocycles. The zero-order valence-corrected chi connectivity index (χ0v) is 14.2. The highest BCUT2D eigenvalue weighted by molar-refractivity contribution is 5.89. The van der Waals surface area contributed by atoms with Crippen LogP contribution >= 0.6 is 0 Å². The number of amides is 3. The standard InChI is InChI=1S/C16H27N3O4/c1-4-5-6-13-16(22)18-10-15(21)17(8-7-12(2)3)9-14(18)19(11-20)23-13/h11-14H,4-10H2,1-3H3. The molecular weight excluding hydrogens is 298 g/mol. The van der Waals surface area contributed by atoms with Crippen LogP contribution in [-0.2, 0) is 19.2 Å². The number of hydrogen-bond donors (Lipinski definition) is 0. The molecule has 0 aliphatic carbocycles. The van der Waals surface area contributed by atoms with Crippen LogP contribution in [0.15, 0.2) is 0 Å². The van der Waals surface area contributed by atoms with E-state index < -0.39 is 12.3 Å². The molecule has 2 aliphatic heterocycles. The normalized spacial score (nSPS) is 25.1. The van der Waals surface area contributed by atoms with Crippen LogP contribution in [-0.4, -0.2) is 65.0 Å². The van der Waals surface area contributed by atoms with Crippen LogP contribution in [0.1, 0.15) is 46.5 Å². The number of hydrogen-bond acceptors (Lipinski definition) is 4. The first kappa shape index (κ1) is 17.7. The van der Waals surface area contributed by atoms with Gasteiger partial charge >= 0.3 is 0 Å². The number of hydroxylamine groups is 2. The maximum absolute atomic E-state index is 12.5. The van der Waals surface area contributed by atoms with E-state index in [1.165, 1.54) is 9.96 Å². The number of nitrogens with zero attached hydrogens (tertiary/aromatic N) is 3. The van der Waals surface area contributed by atoms with E-state index in [1.54, 1.807) is 4.90 Å². The van der Waals surface area contributed by atoms with Crippen molar-refractivity contribution < 1.29 is 19.2 Å². The highest BCUT2D eigenvalue weighted by Crippen LogP contribution is 2.24. The summed E-state index contributed by atoms with van der Waals surface area (Å²) in [6.45, 7) is 7.22. The second-order valence-electron chi connectivity index (χ2n) is 6.67. The predicted octanol–water partition coefficient (Wildman–Crippen LogP) is 0.992. The van der Waals surface area contributed by atoms with Crippen molar-refractivity contribution in [2.45, 2.75) is 58.7 Å². The van der Waals surface area contributed by atoms with Gasteiger partial charge in [-0.3, -0.25) is 19.2 Å². The second-order valence-corrected chi connectivity index (χ2v) is 6.67. The van der Waals surface area contributed by atoms with Crippen molar-refractivity contribution >= 4 is 18.2 Å². The summed E-state index contributed by atoms with van der Waals surface area (Å²) in [5.41, 5.74) is 0. The molecule has 2 fully saturated rings. The molecule has 3 amide bonds. The Morgan fingerprint density at radius 2 is 2.09 bits per heavy atom. The van der Waals surface area contributed by atoms with Crippen molar-refractivity contribution in [2.24, 2.45) is 5.92 Å². The predicted molar refractivity (Wildman–Crippen MR) is 83.8 cm³/mol. The van der Waals surface area contributed by atoms with Crippen LogP contribution in [0.2, 0.25) is 0 Å². The lowest BCUT2D eigenvalue weighted by Crippen LogP contribution is -2.69. The second kappa shape index (κ2) is 7.77. The summed E-state index contributed by atoms with van der Waals surface area (Å²) in [6.07, 6.45) is 2.69. The van der Waals surface area contributed by atoms with E-state index >= 15 is 0 Å². The summed E-state index contributed by atoms with van der Waals surface area (Å²) >= 11 is 0. The third-order valence-electron chi connectivity index (χ3n) is 4.40. The molecule has 0 N–H and O–H groups in total. The minimum Gasteiger partial charge on any atom is -0.337 e. The summed E-state index contributed by atoms with van der Waals surface area (Å²) in [5, 5.41) is 1.20. The van der Waals surface area contributed by atoms with Crippen LogP contribution in [0.5, 0.6) is 0 Å². The molecule has 0 bridgehead atoms. The maximum atomic E-state index is 12.5. The number of unbranched alkanes of at least 4 members (excludes halogenated alkanes) is 1. The van der Waals surface area contributed by atoms with Gasteiger partial charge in [-0.2, -0.15) is 5.06 Å². The zero-order chi connectivity index (χ0) is 17.0. The van der Waals surface area contributed by atoms with Gasteiger partial charge in [0.2, 0.25) is 12.3 Å². The Morgan fingerprint density at radius 3 is 2.70 bits per heavy atom. The third kappa shape index (κ3) is 4.02. The van der Waals surface area contributed by atoms with Crippen LogP contribution in [0.25, 0.3) is 0 Å². The molecule has 0 saturated carbocycles. The molecule has 0 aromatic rings. The van der Waals surface area contributed by atoms with E-state index in [1.807, 2.05) is 6.92 Å². The summed E-state index contributed by atoms with van der Waals surface area (Å²) < 4.78 is 0. The molecule has 0 radical (unpaired) electrons. The van der Waals surface area contributed by atoms with Crippen LogP contribution in [0.3, 0.4) is 0 Å². The summed E-state index contributed by atoms with van der Waals surface area (Å²) in [7, 11) is 0. The van der Waals surface area contributed by atoms with E-state index in [4.69, 9.17) is 4.84 Å². The Morgan fingerprint density at radius 1 is 1.35 bits per heavy atom. The van der Waals surface area contributed by atoms with Gasteiger partial charge in [0.15, 0.2) is 12.3 Å². The quantitative estimate of drug-likeness (QED) is 0.655. The molecule has 2 aliphatic rings. The van der Waals surface area contributed by atoms with Gasteiger partial charge in [0.1, 0.15) is 6.54 Å². The largest absolute Gasteiger partial charge is 0.337 e. The van der Waals surface area contributed by atoms with Crippen molar-refractivity contribution in [3.63, 3.8) is 0 Å². The lowest BCUT2D eigenvalue weighted by Gasteiger charge is -2.48. The smallest absolute Gasteiger partial charge is 0.256 e. The average Bonchev–Trinajstić information content (AvgIpc) is 2.53. The lowest BCUT2D eigenvalue weighted by atomic mass is 10.1. The van der Waals surface area contributed by atoms with Gasteiger partial charge in [-0.25, -0.2) is 0 Å². The Balaban J connectivity index is 2.08. The third-order valence-corrected chi connectivity index (χ3v) is 4.40. The first-order valence-corrected chi connectivity index (χ1v) is 8.46. The highest BCUT2D eigenvalue weighted by atomic mass is 16.7. The summed E-state index contributed by atoms with van der Waals surface area (Å²) in [6, 6.07) is 0. The molecule has 0 aromatic carbocycles. The first-order valence-electron chi connectivity index (χ1n) is 8.46. The average molecular weight is 325 g/mol. The first-order chi connectivity index (χ1) is 11.0. The van der Waals surface area contributed by atoms with Crippen molar-refractivity contribution in [3.05, 3.63) is 0 Å². The van der Waals surface area contributed by atoms with Gasteiger partial charge in [0, 0.05) is 6.54 Å². The minimum absolute atomic E-state index is 0.0257. The Bertz CT molecular complexity index is 455. The van der Waals surface area contributed by atoms with Crippen molar-refractivity contribution in [1.29, 1.82) is 0 Å². The SMILES string of the molecule is CCCCC1ON(C=O)C2CN(CCC(C)C)C(=O)CN2C1=O. The maximum Gasteiger partial charge on any atom is 0.256 e. The number of carbonyl (C=O) groups is 3. The molecule has 0 aromatic heterocycles. The van der Waals surface area contributed by atoms with E-state index in [0.717, 1.165) is 19.3 Å². The van der Waals surface area contributed by atoms with E-state index in [9.17, 15) is 14.4 Å². The van der Waals surface area contributed by atoms with Gasteiger partial charge in [0.25, 0.3) is 5.91 Å². The number of piperazine rings is 1. The summed E-state index contributed by atoms with van der Waals surface area (Å²) in [4.78, 5) is 45.0. The van der Waals surface area contributed by atoms with Crippen LogP contribution in [0, 0.1) is 5.92 Å². The molecule has 2 atom stereocenters. The van der Waals surface area contributed by atoms with E-state index in [-0.39, 0.29) is 18.4 Å². The van der Waals surface area contributed by atoms with Crippen molar-refractivity contribution in [3.8, 4) is 0 Å². The van der Waals surface area contributed by atoms with Crippen LogP contribution in [0.4, 0.5) is 0 Å². The molecule has 7 nitrogen and oxygen atoms in total. The number of rotatable bonds is 7. The monoisotopic (exact) mass is 325 g/mol. The molecule has 2 heterocycles. The fourth-order valence-corrected chi connectivity index (χ4v) is 2.93. The Hall–Kier alpha value is -1.63. The molecule has 23 heavy (non-hydrogen) atoms. The highest BCUT2D eigenvalue weighted by Gasteiger charge is 2.45. The van der Waals surface area contributed by atoms with Gasteiger partial charge in [-0.1, -0.05) is 33.6 Å². The fraction of sp³-hybridized carbons (Fsp3) is 0.812. The van der Waals surface area contributed by atoms with Gasteiger partial charge < -0.3 is 9.80 Å². The number of carbonyl (C=O) groups excluding carboxylic acids is 3. The van der Waals surface area contributed by atoms with Gasteiger partial charge in [-0.05, 0) is 18.8 Å². The lowest BCUT2D eigenvalue weighted by molar-refractivity contribution is -0.263. The van der Waals surface area contributed by atoms with E-state index in [0.29, 0.717) is 31.8 Å². The zero-order valence-electron chi connectivity index (χ0n) is 14.2. The molecule has 0 spiro atoms. The molecule has 2 unspecified atom stereocenters. The number of fused-ring (bicyclic) bond motifs is 1. The Labute approximate surface area is 137 Å². The Kier molecular flexibility index (Phi) is 5.98.